The molecular formula is C6H11N. The normalized spacial score (nSPS) is 11.1. The van der Waals surface area contributed by atoms with Crippen LogP contribution in [0.1, 0.15) is 13.8 Å². The first kappa shape index (κ1) is 6.28. The van der Waals surface area contributed by atoms with Crippen molar-refractivity contribution in [1.82, 2.24) is 5.32 Å². The van der Waals surface area contributed by atoms with E-state index < -0.39 is 0 Å². The van der Waals surface area contributed by atoms with E-state index in [1.54, 1.807) is 0 Å². The molecule has 0 bridgehead atoms. The number of rotatable bonds is 2. The van der Waals surface area contributed by atoms with Crippen LogP contribution in [-0.4, -0.2) is 0 Å². The molecule has 0 aromatic carbocycles. The van der Waals surface area contributed by atoms with Gasteiger partial charge in [0, 0.05) is 0 Å². The Bertz CT molecular complexity index is 62.2. The zero-order valence-corrected chi connectivity index (χ0v) is 4.81. The molecule has 0 heterocycles. The van der Waals surface area contributed by atoms with Crippen LogP contribution in [0.5, 0.6) is 0 Å². The Kier molecular flexibility index (Phi) is 4.74. The topological polar surface area (TPSA) is 12.0 Å². The largest absolute Gasteiger partial charge is 0.368 e. The fourth-order valence-corrected chi connectivity index (χ4v) is 0.248. The Morgan fingerprint density at radius 3 is 1.71 bits per heavy atom. The molecule has 0 aliphatic carbocycles. The molecule has 0 fully saturated rings. The van der Waals surface area contributed by atoms with E-state index in [4.69, 9.17) is 0 Å². The molecule has 1 nitrogen and oxygen atoms in total. The molecule has 0 atom stereocenters. The summed E-state index contributed by atoms with van der Waals surface area (Å²) in [4.78, 5) is 0. The Balaban J connectivity index is 2.98. The molecule has 1 N–H and O–H groups in total. The molecule has 0 rings (SSSR count). The van der Waals surface area contributed by atoms with E-state index in [0.29, 0.717) is 0 Å². The molecule has 7 heavy (non-hydrogen) atoms. The lowest BCUT2D eigenvalue weighted by molar-refractivity contribution is 1.18. The van der Waals surface area contributed by atoms with Crippen LogP contribution in [0.2, 0.25) is 0 Å². The van der Waals surface area contributed by atoms with Crippen molar-refractivity contribution in [1.29, 1.82) is 0 Å². The Labute approximate surface area is 44.7 Å². The van der Waals surface area contributed by atoms with Gasteiger partial charge in [0.25, 0.3) is 0 Å². The maximum Gasteiger partial charge on any atom is -0.00386 e. The first-order valence-corrected chi connectivity index (χ1v) is 2.40. The van der Waals surface area contributed by atoms with Crippen LogP contribution >= 0.6 is 0 Å². The fraction of sp³-hybridized carbons (Fsp3) is 0.333. The summed E-state index contributed by atoms with van der Waals surface area (Å²) in [6.07, 6.45) is 7.64. The van der Waals surface area contributed by atoms with E-state index in [1.165, 1.54) is 0 Å². The summed E-state index contributed by atoms with van der Waals surface area (Å²) in [6.45, 7) is 3.94. The predicted molar refractivity (Wildman–Crippen MR) is 32.8 cm³/mol. The van der Waals surface area contributed by atoms with Crippen molar-refractivity contribution in [3.63, 3.8) is 0 Å². The van der Waals surface area contributed by atoms with Crippen molar-refractivity contribution in [3.8, 4) is 0 Å². The number of hydrogen-bond donors (Lipinski definition) is 1. The molecule has 0 aromatic rings. The van der Waals surface area contributed by atoms with Gasteiger partial charge in [-0.2, -0.15) is 0 Å². The predicted octanol–water partition coefficient (Wildman–Crippen LogP) is 1.64. The van der Waals surface area contributed by atoms with E-state index in [0.717, 1.165) is 0 Å². The van der Waals surface area contributed by atoms with Gasteiger partial charge in [0.15, 0.2) is 0 Å². The van der Waals surface area contributed by atoms with Crippen molar-refractivity contribution in [3.05, 3.63) is 24.6 Å². The molecule has 0 unspecified atom stereocenters. The summed E-state index contributed by atoms with van der Waals surface area (Å²) in [5, 5.41) is 2.92. The fourth-order valence-electron chi connectivity index (χ4n) is 0.248. The molecule has 0 radical (unpaired) electrons. The minimum Gasteiger partial charge on any atom is -0.368 e. The van der Waals surface area contributed by atoms with Gasteiger partial charge in [-0.3, -0.25) is 0 Å². The second-order valence-electron chi connectivity index (χ2n) is 1.17. The second-order valence-corrected chi connectivity index (χ2v) is 1.17. The van der Waals surface area contributed by atoms with Gasteiger partial charge in [-0.15, -0.1) is 0 Å². The zero-order valence-electron chi connectivity index (χ0n) is 4.81. The van der Waals surface area contributed by atoms with Crippen molar-refractivity contribution in [2.75, 3.05) is 0 Å². The van der Waals surface area contributed by atoms with Gasteiger partial charge in [-0.1, -0.05) is 12.2 Å². The van der Waals surface area contributed by atoms with Crippen LogP contribution in [0, 0.1) is 0 Å². The van der Waals surface area contributed by atoms with E-state index in [2.05, 4.69) is 5.32 Å². The van der Waals surface area contributed by atoms with Gasteiger partial charge < -0.3 is 5.32 Å². The molecule has 1 heteroatoms. The first-order chi connectivity index (χ1) is 3.41. The van der Waals surface area contributed by atoms with Crippen molar-refractivity contribution in [2.45, 2.75) is 13.8 Å². The molecule has 0 aromatic heterocycles. The van der Waals surface area contributed by atoms with Gasteiger partial charge in [-0.05, 0) is 26.2 Å². The summed E-state index contributed by atoms with van der Waals surface area (Å²) < 4.78 is 0. The van der Waals surface area contributed by atoms with Crippen LogP contribution in [-0.2, 0) is 0 Å². The van der Waals surface area contributed by atoms with Crippen LogP contribution in [0.15, 0.2) is 24.6 Å². The molecule has 0 amide bonds. The SMILES string of the molecule is CC=CNC=CC. The van der Waals surface area contributed by atoms with Gasteiger partial charge >= 0.3 is 0 Å². The maximum atomic E-state index is 2.92. The molecule has 40 valence electrons. The van der Waals surface area contributed by atoms with Crippen molar-refractivity contribution in [2.24, 2.45) is 0 Å². The van der Waals surface area contributed by atoms with E-state index >= 15 is 0 Å². The molecule has 0 spiro atoms. The number of allylic oxidation sites excluding steroid dienone is 2. The highest BCUT2D eigenvalue weighted by Gasteiger charge is 1.55. The minimum atomic E-state index is 1.88. The lowest BCUT2D eigenvalue weighted by Crippen LogP contribution is -1.88. The lowest BCUT2D eigenvalue weighted by atomic mass is 10.6. The Morgan fingerprint density at radius 1 is 1.00 bits per heavy atom. The average molecular weight is 97.2 g/mol. The van der Waals surface area contributed by atoms with E-state index in [-0.39, 0.29) is 0 Å². The van der Waals surface area contributed by atoms with Crippen LogP contribution in [0.25, 0.3) is 0 Å². The van der Waals surface area contributed by atoms with Gasteiger partial charge in [0.1, 0.15) is 0 Å². The standard InChI is InChI=1S/C6H11N/c1-3-5-7-6-4-2/h3-7H,1-2H3. The lowest BCUT2D eigenvalue weighted by Gasteiger charge is -1.81. The molecule has 0 saturated carbocycles. The zero-order chi connectivity index (χ0) is 5.54. The van der Waals surface area contributed by atoms with Crippen molar-refractivity contribution >= 4 is 0 Å². The molecule has 0 aliphatic rings. The molecule has 0 saturated heterocycles. The van der Waals surface area contributed by atoms with E-state index in [1.807, 2.05) is 38.4 Å². The quantitative estimate of drug-likeness (QED) is 0.552. The summed E-state index contributed by atoms with van der Waals surface area (Å²) >= 11 is 0. The Hall–Kier alpha value is -0.720. The molecular weight excluding hydrogens is 86.1 g/mol. The summed E-state index contributed by atoms with van der Waals surface area (Å²) in [7, 11) is 0. The number of nitrogens with one attached hydrogen (secondary N) is 1. The minimum absolute atomic E-state index is 1.88. The first-order valence-electron chi connectivity index (χ1n) is 2.40. The third kappa shape index (κ3) is 5.28. The highest BCUT2D eigenvalue weighted by molar-refractivity contribution is 4.83. The van der Waals surface area contributed by atoms with Crippen LogP contribution in [0.3, 0.4) is 0 Å². The summed E-state index contributed by atoms with van der Waals surface area (Å²) in [5.41, 5.74) is 0. The third-order valence-corrected chi connectivity index (χ3v) is 0.526. The monoisotopic (exact) mass is 97.1 g/mol. The van der Waals surface area contributed by atoms with Gasteiger partial charge in [0.2, 0.25) is 0 Å². The molecule has 0 aliphatic heterocycles. The third-order valence-electron chi connectivity index (χ3n) is 0.526. The highest BCUT2D eigenvalue weighted by Crippen LogP contribution is 1.64. The van der Waals surface area contributed by atoms with E-state index in [9.17, 15) is 0 Å². The van der Waals surface area contributed by atoms with Crippen LogP contribution < -0.4 is 5.32 Å². The second kappa shape index (κ2) is 5.28. The van der Waals surface area contributed by atoms with Crippen molar-refractivity contribution < 1.29 is 0 Å². The highest BCUT2D eigenvalue weighted by atomic mass is 14.8. The smallest absolute Gasteiger partial charge is 0.00386 e. The van der Waals surface area contributed by atoms with Gasteiger partial charge in [-0.25, -0.2) is 0 Å². The summed E-state index contributed by atoms with van der Waals surface area (Å²) in [5.74, 6) is 0. The average Bonchev–Trinajstić information content (AvgIpc) is 1.69. The maximum absolute atomic E-state index is 2.92. The summed E-state index contributed by atoms with van der Waals surface area (Å²) in [6, 6.07) is 0. The Morgan fingerprint density at radius 2 is 1.43 bits per heavy atom. The van der Waals surface area contributed by atoms with Crippen LogP contribution in [0.4, 0.5) is 0 Å². The number of hydrogen-bond acceptors (Lipinski definition) is 1. The van der Waals surface area contributed by atoms with Gasteiger partial charge in [0.05, 0.1) is 0 Å².